The fraction of sp³-hybridized carbons (Fsp3) is 0.941. The Bertz CT molecular complexity index is 358. The summed E-state index contributed by atoms with van der Waals surface area (Å²) in [6, 6.07) is 2.54. The van der Waals surface area contributed by atoms with Gasteiger partial charge in [-0.1, -0.05) is 13.3 Å². The number of hydrogen-bond donors (Lipinski definition) is 1. The molecular weight excluding hydrogens is 264 g/mol. The Morgan fingerprint density at radius 2 is 2.05 bits per heavy atom. The molecule has 1 N–H and O–H groups in total. The van der Waals surface area contributed by atoms with Gasteiger partial charge in [-0.15, -0.1) is 0 Å². The van der Waals surface area contributed by atoms with Gasteiger partial charge >= 0.3 is 0 Å². The summed E-state index contributed by atoms with van der Waals surface area (Å²) in [4.78, 5) is 0. The second kappa shape index (κ2) is 7.58. The molecule has 2 aliphatic rings. The van der Waals surface area contributed by atoms with Gasteiger partial charge in [0.05, 0.1) is 24.4 Å². The normalized spacial score (nSPS) is 40.1. The number of nitrogens with one attached hydrogen (secondary N) is 1. The summed E-state index contributed by atoms with van der Waals surface area (Å²) in [6.45, 7) is 7.95. The average Bonchev–Trinajstić information content (AvgIpc) is 2.82. The van der Waals surface area contributed by atoms with Crippen LogP contribution in [0.3, 0.4) is 0 Å². The first-order chi connectivity index (χ1) is 10.1. The van der Waals surface area contributed by atoms with Crippen molar-refractivity contribution < 1.29 is 9.47 Å². The first-order valence-electron chi connectivity index (χ1n) is 8.53. The maximum Gasteiger partial charge on any atom is 0.109 e. The predicted octanol–water partition coefficient (Wildman–Crippen LogP) is 3.02. The zero-order chi connectivity index (χ0) is 15.3. The van der Waals surface area contributed by atoms with Gasteiger partial charge < -0.3 is 9.47 Å². The van der Waals surface area contributed by atoms with E-state index in [1.54, 1.807) is 0 Å². The van der Waals surface area contributed by atoms with E-state index >= 15 is 0 Å². The fourth-order valence-electron chi connectivity index (χ4n) is 4.06. The number of hydrogen-bond acceptors (Lipinski definition) is 4. The molecular formula is C17H30N2O2. The maximum atomic E-state index is 9.57. The molecule has 1 aliphatic heterocycles. The van der Waals surface area contributed by atoms with Crippen LogP contribution in [-0.2, 0) is 9.47 Å². The van der Waals surface area contributed by atoms with Crippen molar-refractivity contribution in [3.63, 3.8) is 0 Å². The van der Waals surface area contributed by atoms with Gasteiger partial charge in [0.2, 0.25) is 0 Å². The van der Waals surface area contributed by atoms with Gasteiger partial charge in [0.25, 0.3) is 0 Å². The van der Waals surface area contributed by atoms with Crippen LogP contribution in [0, 0.1) is 17.2 Å². The third kappa shape index (κ3) is 4.18. The summed E-state index contributed by atoms with van der Waals surface area (Å²) in [5.74, 6) is 0.428. The molecule has 1 saturated carbocycles. The lowest BCUT2D eigenvalue weighted by Crippen LogP contribution is -2.47. The van der Waals surface area contributed by atoms with Crippen LogP contribution in [0.4, 0.5) is 0 Å². The monoisotopic (exact) mass is 294 g/mol. The van der Waals surface area contributed by atoms with E-state index in [9.17, 15) is 5.26 Å². The van der Waals surface area contributed by atoms with Crippen LogP contribution in [0.5, 0.6) is 0 Å². The molecule has 4 unspecified atom stereocenters. The van der Waals surface area contributed by atoms with Crippen molar-refractivity contribution in [3.8, 4) is 6.07 Å². The lowest BCUT2D eigenvalue weighted by molar-refractivity contribution is -0.103. The van der Waals surface area contributed by atoms with E-state index in [2.05, 4.69) is 32.2 Å². The van der Waals surface area contributed by atoms with E-state index in [-0.39, 0.29) is 5.54 Å². The highest BCUT2D eigenvalue weighted by Gasteiger charge is 2.42. The first-order valence-corrected chi connectivity index (χ1v) is 8.53. The average molecular weight is 294 g/mol. The summed E-state index contributed by atoms with van der Waals surface area (Å²) in [5.41, 5.74) is -0.311. The van der Waals surface area contributed by atoms with E-state index < -0.39 is 0 Å². The number of rotatable bonds is 6. The minimum atomic E-state index is -0.311. The standard InChI is InChI=1S/C17H30N2O2/c1-4-19-17(12-18)8-5-6-15(17)7-9-20-16-10-13(2)21-14(3)11-16/h13-16,19H,4-11H2,1-3H3. The molecule has 0 amide bonds. The van der Waals surface area contributed by atoms with Crippen molar-refractivity contribution in [2.45, 2.75) is 83.1 Å². The van der Waals surface area contributed by atoms with Gasteiger partial charge in [-0.05, 0) is 58.4 Å². The molecule has 0 aromatic rings. The zero-order valence-electron chi connectivity index (χ0n) is 13.7. The molecule has 4 heteroatoms. The van der Waals surface area contributed by atoms with Gasteiger partial charge in [-0.2, -0.15) is 5.26 Å². The predicted molar refractivity (Wildman–Crippen MR) is 83.0 cm³/mol. The van der Waals surface area contributed by atoms with E-state index in [0.29, 0.717) is 24.2 Å². The van der Waals surface area contributed by atoms with Crippen LogP contribution < -0.4 is 5.32 Å². The summed E-state index contributed by atoms with van der Waals surface area (Å²) < 4.78 is 11.8. The molecule has 2 rings (SSSR count). The van der Waals surface area contributed by atoms with E-state index in [0.717, 1.165) is 51.7 Å². The third-order valence-corrected chi connectivity index (χ3v) is 4.99. The Hall–Kier alpha value is -0.630. The minimum absolute atomic E-state index is 0.296. The van der Waals surface area contributed by atoms with Crippen LogP contribution in [-0.4, -0.2) is 37.0 Å². The summed E-state index contributed by atoms with van der Waals surface area (Å²) >= 11 is 0. The van der Waals surface area contributed by atoms with Crippen LogP contribution in [0.15, 0.2) is 0 Å². The molecule has 4 atom stereocenters. The van der Waals surface area contributed by atoms with Gasteiger partial charge in [-0.3, -0.25) is 5.32 Å². The fourth-order valence-corrected chi connectivity index (χ4v) is 4.06. The quantitative estimate of drug-likeness (QED) is 0.818. The van der Waals surface area contributed by atoms with Gasteiger partial charge in [0.1, 0.15) is 5.54 Å². The maximum absolute atomic E-state index is 9.57. The molecule has 1 saturated heterocycles. The molecule has 120 valence electrons. The summed E-state index contributed by atoms with van der Waals surface area (Å²) in [6.07, 6.45) is 7.16. The Labute approximate surface area is 129 Å². The van der Waals surface area contributed by atoms with Gasteiger partial charge in [0, 0.05) is 6.61 Å². The van der Waals surface area contributed by atoms with Crippen LogP contribution in [0.25, 0.3) is 0 Å². The van der Waals surface area contributed by atoms with Crippen LogP contribution in [0.2, 0.25) is 0 Å². The van der Waals surface area contributed by atoms with Crippen LogP contribution >= 0.6 is 0 Å². The van der Waals surface area contributed by atoms with Crippen molar-refractivity contribution in [1.29, 1.82) is 5.26 Å². The lowest BCUT2D eigenvalue weighted by atomic mass is 9.86. The molecule has 0 radical (unpaired) electrons. The molecule has 0 aromatic heterocycles. The summed E-state index contributed by atoms with van der Waals surface area (Å²) in [5, 5.41) is 13.0. The topological polar surface area (TPSA) is 54.3 Å². The van der Waals surface area contributed by atoms with E-state index in [1.165, 1.54) is 0 Å². The SMILES string of the molecule is CCNC1(C#N)CCCC1CCOC1CC(C)OC(C)C1. The highest BCUT2D eigenvalue weighted by Crippen LogP contribution is 2.37. The van der Waals surface area contributed by atoms with Crippen LogP contribution in [0.1, 0.15) is 59.3 Å². The van der Waals surface area contributed by atoms with Gasteiger partial charge in [-0.25, -0.2) is 0 Å². The molecule has 0 aromatic carbocycles. The number of nitrogens with zero attached hydrogens (tertiary/aromatic N) is 1. The molecule has 0 spiro atoms. The molecule has 1 aliphatic carbocycles. The van der Waals surface area contributed by atoms with Crippen molar-refractivity contribution in [2.24, 2.45) is 5.92 Å². The second-order valence-corrected chi connectivity index (χ2v) is 6.71. The second-order valence-electron chi connectivity index (χ2n) is 6.71. The zero-order valence-corrected chi connectivity index (χ0v) is 13.7. The highest BCUT2D eigenvalue weighted by molar-refractivity contribution is 5.13. The summed E-state index contributed by atoms with van der Waals surface area (Å²) in [7, 11) is 0. The number of nitriles is 1. The highest BCUT2D eigenvalue weighted by atomic mass is 16.5. The number of ether oxygens (including phenoxy) is 2. The lowest BCUT2D eigenvalue weighted by Gasteiger charge is -2.33. The molecule has 1 heterocycles. The Morgan fingerprint density at radius 1 is 1.33 bits per heavy atom. The molecule has 0 bridgehead atoms. The first kappa shape index (κ1) is 16.7. The smallest absolute Gasteiger partial charge is 0.109 e. The third-order valence-electron chi connectivity index (χ3n) is 4.99. The molecule has 4 nitrogen and oxygen atoms in total. The van der Waals surface area contributed by atoms with Gasteiger partial charge in [0.15, 0.2) is 0 Å². The minimum Gasteiger partial charge on any atom is -0.378 e. The van der Waals surface area contributed by atoms with Crippen molar-refractivity contribution >= 4 is 0 Å². The Balaban J connectivity index is 1.78. The van der Waals surface area contributed by atoms with Crippen molar-refractivity contribution in [3.05, 3.63) is 0 Å². The van der Waals surface area contributed by atoms with Crippen molar-refractivity contribution in [1.82, 2.24) is 5.32 Å². The Kier molecular flexibility index (Phi) is 6.04. The van der Waals surface area contributed by atoms with E-state index in [4.69, 9.17) is 9.47 Å². The van der Waals surface area contributed by atoms with E-state index in [1.807, 2.05) is 0 Å². The molecule has 2 fully saturated rings. The van der Waals surface area contributed by atoms with Crippen molar-refractivity contribution in [2.75, 3.05) is 13.2 Å². The Morgan fingerprint density at radius 3 is 2.67 bits per heavy atom. The largest absolute Gasteiger partial charge is 0.378 e. The molecule has 21 heavy (non-hydrogen) atoms.